The zero-order valence-electron chi connectivity index (χ0n) is 12.6. The van der Waals surface area contributed by atoms with Gasteiger partial charge in [0.15, 0.2) is 0 Å². The van der Waals surface area contributed by atoms with Gasteiger partial charge in [-0.05, 0) is 5.92 Å². The molecule has 0 atom stereocenters. The minimum Gasteiger partial charge on any atom is -0.314 e. The molecule has 0 aromatic carbocycles. The number of hydrogen-bond donors (Lipinski definition) is 1. The van der Waals surface area contributed by atoms with Crippen LogP contribution in [0.2, 0.25) is 0 Å². The number of piperazine rings is 1. The van der Waals surface area contributed by atoms with Crippen LogP contribution in [-0.4, -0.2) is 69.9 Å². The van der Waals surface area contributed by atoms with Crippen LogP contribution in [0.5, 0.6) is 0 Å². The normalized spacial score (nSPS) is 22.4. The van der Waals surface area contributed by atoms with Crippen molar-refractivity contribution in [1.29, 1.82) is 0 Å². The molecule has 2 aliphatic heterocycles. The van der Waals surface area contributed by atoms with Gasteiger partial charge in [-0.2, -0.15) is 5.10 Å². The predicted molar refractivity (Wildman–Crippen MR) is 78.4 cm³/mol. The van der Waals surface area contributed by atoms with Crippen LogP contribution in [0.25, 0.3) is 0 Å². The summed E-state index contributed by atoms with van der Waals surface area (Å²) in [6, 6.07) is 0.779. The van der Waals surface area contributed by atoms with Gasteiger partial charge in [0, 0.05) is 51.9 Å². The van der Waals surface area contributed by atoms with Gasteiger partial charge in [-0.25, -0.2) is 9.67 Å². The van der Waals surface area contributed by atoms with Crippen molar-refractivity contribution in [2.45, 2.75) is 33.0 Å². The Morgan fingerprint density at radius 3 is 2.60 bits per heavy atom. The Hall–Kier alpha value is -0.980. The molecule has 1 aromatic heterocycles. The lowest BCUT2D eigenvalue weighted by Crippen LogP contribution is -2.61. The van der Waals surface area contributed by atoms with Crippen LogP contribution >= 0.6 is 0 Å². The molecule has 1 aromatic rings. The molecule has 1 N–H and O–H groups in total. The van der Waals surface area contributed by atoms with Gasteiger partial charge in [0.05, 0.1) is 6.54 Å². The van der Waals surface area contributed by atoms with Gasteiger partial charge in [0.1, 0.15) is 12.2 Å². The molecule has 2 saturated heterocycles. The van der Waals surface area contributed by atoms with E-state index in [9.17, 15) is 0 Å². The fourth-order valence-corrected chi connectivity index (χ4v) is 2.93. The second-order valence-electron chi connectivity index (χ2n) is 6.38. The lowest BCUT2D eigenvalue weighted by Gasteiger charge is -2.43. The van der Waals surface area contributed by atoms with E-state index in [1.807, 2.05) is 0 Å². The summed E-state index contributed by atoms with van der Waals surface area (Å²) in [6.45, 7) is 13.3. The van der Waals surface area contributed by atoms with Crippen LogP contribution in [0.4, 0.5) is 0 Å². The van der Waals surface area contributed by atoms with E-state index in [0.717, 1.165) is 38.0 Å². The molecule has 3 rings (SSSR count). The van der Waals surface area contributed by atoms with E-state index in [1.54, 1.807) is 6.33 Å². The van der Waals surface area contributed by atoms with Gasteiger partial charge in [0.25, 0.3) is 0 Å². The third kappa shape index (κ3) is 3.19. The number of nitrogens with zero attached hydrogens (tertiary/aromatic N) is 5. The average Bonchev–Trinajstić information content (AvgIpc) is 2.76. The number of hydrogen-bond acceptors (Lipinski definition) is 5. The first-order valence-electron chi connectivity index (χ1n) is 7.76. The van der Waals surface area contributed by atoms with E-state index in [1.165, 1.54) is 26.2 Å². The van der Waals surface area contributed by atoms with Gasteiger partial charge in [-0.15, -0.1) is 0 Å². The molecule has 112 valence electrons. The van der Waals surface area contributed by atoms with E-state index < -0.39 is 0 Å². The van der Waals surface area contributed by atoms with Gasteiger partial charge in [-0.3, -0.25) is 9.80 Å². The van der Waals surface area contributed by atoms with E-state index in [0.29, 0.717) is 5.92 Å². The second kappa shape index (κ2) is 6.20. The Morgan fingerprint density at radius 1 is 1.25 bits per heavy atom. The molecule has 0 unspecified atom stereocenters. The lowest BCUT2D eigenvalue weighted by atomic mass is 10.1. The summed E-state index contributed by atoms with van der Waals surface area (Å²) in [5.74, 6) is 1.72. The lowest BCUT2D eigenvalue weighted by molar-refractivity contribution is 0.0676. The quantitative estimate of drug-likeness (QED) is 0.823. The summed E-state index contributed by atoms with van der Waals surface area (Å²) in [7, 11) is 0. The van der Waals surface area contributed by atoms with Crippen molar-refractivity contribution in [3.05, 3.63) is 12.2 Å². The molecule has 0 spiro atoms. The first-order valence-corrected chi connectivity index (χ1v) is 7.76. The molecule has 0 saturated carbocycles. The topological polar surface area (TPSA) is 49.2 Å². The van der Waals surface area contributed by atoms with E-state index in [2.05, 4.69) is 43.7 Å². The van der Waals surface area contributed by atoms with Crippen LogP contribution in [0.1, 0.15) is 19.7 Å². The Morgan fingerprint density at radius 2 is 2.00 bits per heavy atom. The van der Waals surface area contributed by atoms with Crippen molar-refractivity contribution < 1.29 is 0 Å². The molecule has 20 heavy (non-hydrogen) atoms. The number of rotatable bonds is 5. The number of nitrogens with one attached hydrogen (secondary N) is 1. The van der Waals surface area contributed by atoms with Crippen LogP contribution in [0.15, 0.2) is 6.33 Å². The van der Waals surface area contributed by atoms with Gasteiger partial charge in [-0.1, -0.05) is 13.8 Å². The fraction of sp³-hybridized carbons (Fsp3) is 0.857. The third-order valence-corrected chi connectivity index (χ3v) is 4.28. The zero-order chi connectivity index (χ0) is 13.9. The molecule has 0 amide bonds. The summed E-state index contributed by atoms with van der Waals surface area (Å²) in [6.07, 6.45) is 1.69. The molecule has 6 heteroatoms. The van der Waals surface area contributed by atoms with Crippen LogP contribution < -0.4 is 5.32 Å². The highest BCUT2D eigenvalue weighted by Crippen LogP contribution is 2.12. The molecule has 2 fully saturated rings. The fourth-order valence-electron chi connectivity index (χ4n) is 2.93. The third-order valence-electron chi connectivity index (χ3n) is 4.28. The highest BCUT2D eigenvalue weighted by atomic mass is 15.4. The van der Waals surface area contributed by atoms with Gasteiger partial charge in [0.2, 0.25) is 0 Å². The Labute approximate surface area is 121 Å². The molecular weight excluding hydrogens is 252 g/mol. The van der Waals surface area contributed by atoms with Gasteiger partial charge >= 0.3 is 0 Å². The molecule has 6 nitrogen and oxygen atoms in total. The van der Waals surface area contributed by atoms with Gasteiger partial charge < -0.3 is 5.32 Å². The summed E-state index contributed by atoms with van der Waals surface area (Å²) in [5, 5.41) is 7.70. The summed E-state index contributed by atoms with van der Waals surface area (Å²) < 4.78 is 2.06. The minimum atomic E-state index is 0.610. The smallest absolute Gasteiger partial charge is 0.141 e. The first-order chi connectivity index (χ1) is 9.72. The van der Waals surface area contributed by atoms with Crippen molar-refractivity contribution in [3.8, 4) is 0 Å². The van der Waals surface area contributed by atoms with Crippen molar-refractivity contribution in [3.63, 3.8) is 0 Å². The summed E-state index contributed by atoms with van der Waals surface area (Å²) >= 11 is 0. The Kier molecular flexibility index (Phi) is 4.33. The van der Waals surface area contributed by atoms with Crippen molar-refractivity contribution in [2.75, 3.05) is 39.3 Å². The van der Waals surface area contributed by atoms with E-state index in [-0.39, 0.29) is 0 Å². The van der Waals surface area contributed by atoms with Crippen LogP contribution in [0, 0.1) is 5.92 Å². The maximum atomic E-state index is 4.43. The first kappa shape index (κ1) is 14.0. The van der Waals surface area contributed by atoms with Crippen LogP contribution in [-0.2, 0) is 13.1 Å². The Balaban J connectivity index is 1.50. The van der Waals surface area contributed by atoms with E-state index >= 15 is 0 Å². The molecule has 0 bridgehead atoms. The average molecular weight is 278 g/mol. The van der Waals surface area contributed by atoms with E-state index in [4.69, 9.17) is 0 Å². The monoisotopic (exact) mass is 278 g/mol. The highest BCUT2D eigenvalue weighted by molar-refractivity contribution is 4.90. The minimum absolute atomic E-state index is 0.610. The molecule has 2 aliphatic rings. The predicted octanol–water partition coefficient (Wildman–Crippen LogP) is 0.0235. The number of aromatic nitrogens is 3. The summed E-state index contributed by atoms with van der Waals surface area (Å²) in [4.78, 5) is 9.55. The largest absolute Gasteiger partial charge is 0.314 e. The van der Waals surface area contributed by atoms with Crippen molar-refractivity contribution >= 4 is 0 Å². The van der Waals surface area contributed by atoms with Crippen LogP contribution in [0.3, 0.4) is 0 Å². The molecule has 0 aliphatic carbocycles. The Bertz CT molecular complexity index is 417. The second-order valence-corrected chi connectivity index (χ2v) is 6.38. The molecule has 3 heterocycles. The van der Waals surface area contributed by atoms with Crippen molar-refractivity contribution in [1.82, 2.24) is 29.9 Å². The molecule has 0 radical (unpaired) electrons. The molecular formula is C14H26N6. The highest BCUT2D eigenvalue weighted by Gasteiger charge is 2.27. The van der Waals surface area contributed by atoms with Crippen molar-refractivity contribution in [2.24, 2.45) is 5.92 Å². The maximum absolute atomic E-state index is 4.43. The maximum Gasteiger partial charge on any atom is 0.141 e. The SMILES string of the molecule is CC(C)Cn1ncnc1CN1CCN(C2CNC2)CC1. The zero-order valence-corrected chi connectivity index (χ0v) is 12.6. The summed E-state index contributed by atoms with van der Waals surface area (Å²) in [5.41, 5.74) is 0. The standard InChI is InChI=1S/C14H26N6/c1-12(2)9-20-14(16-11-17-20)10-18-3-5-19(6-4-18)13-7-15-8-13/h11-13,15H,3-10H2,1-2H3.